The maximum absolute atomic E-state index is 5.52. The SMILES string of the molecule is CNCCCN(C)c1cncc(OC(C)C)n1. The number of aromatic nitrogens is 2. The molecule has 0 radical (unpaired) electrons. The predicted octanol–water partition coefficient (Wildman–Crippen LogP) is 1.31. The van der Waals surface area contributed by atoms with Gasteiger partial charge < -0.3 is 15.0 Å². The zero-order chi connectivity index (χ0) is 12.7. The Morgan fingerprint density at radius 1 is 1.41 bits per heavy atom. The lowest BCUT2D eigenvalue weighted by Crippen LogP contribution is -2.23. The molecule has 0 aliphatic carbocycles. The Hall–Kier alpha value is -1.36. The first-order valence-electron chi connectivity index (χ1n) is 5.98. The third-order valence-corrected chi connectivity index (χ3v) is 2.27. The number of rotatable bonds is 7. The molecule has 0 fully saturated rings. The van der Waals surface area contributed by atoms with Crippen molar-refractivity contribution in [2.75, 3.05) is 32.1 Å². The van der Waals surface area contributed by atoms with Crippen molar-refractivity contribution in [3.8, 4) is 5.88 Å². The van der Waals surface area contributed by atoms with Gasteiger partial charge in [-0.15, -0.1) is 0 Å². The number of nitrogens with zero attached hydrogens (tertiary/aromatic N) is 3. The topological polar surface area (TPSA) is 50.3 Å². The molecule has 96 valence electrons. The molecule has 1 N–H and O–H groups in total. The van der Waals surface area contributed by atoms with E-state index in [1.165, 1.54) is 0 Å². The third kappa shape index (κ3) is 4.99. The van der Waals surface area contributed by atoms with E-state index in [1.54, 1.807) is 12.4 Å². The molecule has 0 bridgehead atoms. The Bertz CT molecular complexity index is 330. The van der Waals surface area contributed by atoms with Gasteiger partial charge in [0.15, 0.2) is 5.82 Å². The van der Waals surface area contributed by atoms with Crippen LogP contribution in [0.3, 0.4) is 0 Å². The number of nitrogens with one attached hydrogen (secondary N) is 1. The largest absolute Gasteiger partial charge is 0.474 e. The standard InChI is InChI=1S/C12H22N4O/c1-10(2)17-12-9-14-8-11(15-12)16(4)7-5-6-13-3/h8-10,13H,5-7H2,1-4H3. The lowest BCUT2D eigenvalue weighted by molar-refractivity contribution is 0.231. The Labute approximate surface area is 103 Å². The van der Waals surface area contributed by atoms with Crippen LogP contribution in [0.4, 0.5) is 5.82 Å². The summed E-state index contributed by atoms with van der Waals surface area (Å²) >= 11 is 0. The molecule has 0 unspecified atom stereocenters. The molecule has 1 heterocycles. The molecular weight excluding hydrogens is 216 g/mol. The highest BCUT2D eigenvalue weighted by molar-refractivity contribution is 5.36. The maximum atomic E-state index is 5.52. The van der Waals surface area contributed by atoms with Gasteiger partial charge in [-0.3, -0.25) is 4.98 Å². The predicted molar refractivity (Wildman–Crippen MR) is 69.6 cm³/mol. The van der Waals surface area contributed by atoms with E-state index in [9.17, 15) is 0 Å². The van der Waals surface area contributed by atoms with Crippen molar-refractivity contribution in [3.63, 3.8) is 0 Å². The highest BCUT2D eigenvalue weighted by Crippen LogP contribution is 2.13. The highest BCUT2D eigenvalue weighted by Gasteiger charge is 2.05. The number of ether oxygens (including phenoxy) is 1. The Kier molecular flexibility index (Phi) is 5.69. The van der Waals surface area contributed by atoms with E-state index in [2.05, 4.69) is 20.2 Å². The van der Waals surface area contributed by atoms with Crippen molar-refractivity contribution in [3.05, 3.63) is 12.4 Å². The van der Waals surface area contributed by atoms with Crippen molar-refractivity contribution in [2.45, 2.75) is 26.4 Å². The van der Waals surface area contributed by atoms with E-state index in [0.29, 0.717) is 5.88 Å². The maximum Gasteiger partial charge on any atom is 0.234 e. The zero-order valence-corrected chi connectivity index (χ0v) is 11.1. The van der Waals surface area contributed by atoms with Crippen LogP contribution in [-0.4, -0.2) is 43.3 Å². The summed E-state index contributed by atoms with van der Waals surface area (Å²) in [5.74, 6) is 1.43. The van der Waals surface area contributed by atoms with Crippen molar-refractivity contribution in [2.24, 2.45) is 0 Å². The van der Waals surface area contributed by atoms with Gasteiger partial charge in [0.25, 0.3) is 0 Å². The fourth-order valence-corrected chi connectivity index (χ4v) is 1.43. The van der Waals surface area contributed by atoms with Gasteiger partial charge in [-0.25, -0.2) is 0 Å². The van der Waals surface area contributed by atoms with Crippen LogP contribution >= 0.6 is 0 Å². The van der Waals surface area contributed by atoms with E-state index < -0.39 is 0 Å². The summed E-state index contributed by atoms with van der Waals surface area (Å²) in [7, 11) is 3.97. The van der Waals surface area contributed by atoms with E-state index in [0.717, 1.165) is 25.3 Å². The molecular formula is C12H22N4O. The second kappa shape index (κ2) is 7.06. The second-order valence-electron chi connectivity index (χ2n) is 4.26. The molecule has 0 spiro atoms. The Balaban J connectivity index is 2.57. The molecule has 0 aliphatic heterocycles. The molecule has 5 heteroatoms. The quantitative estimate of drug-likeness (QED) is 0.726. The van der Waals surface area contributed by atoms with Gasteiger partial charge in [-0.05, 0) is 33.9 Å². The number of hydrogen-bond acceptors (Lipinski definition) is 5. The van der Waals surface area contributed by atoms with Crippen LogP contribution in [-0.2, 0) is 0 Å². The van der Waals surface area contributed by atoms with Crippen LogP contribution in [0.25, 0.3) is 0 Å². The summed E-state index contributed by atoms with van der Waals surface area (Å²) in [6, 6.07) is 0. The van der Waals surface area contributed by atoms with Crippen LogP contribution < -0.4 is 15.0 Å². The zero-order valence-electron chi connectivity index (χ0n) is 11.1. The van der Waals surface area contributed by atoms with Gasteiger partial charge in [0.1, 0.15) is 0 Å². The molecule has 0 aliphatic rings. The second-order valence-corrected chi connectivity index (χ2v) is 4.26. The first-order chi connectivity index (χ1) is 8.13. The summed E-state index contributed by atoms with van der Waals surface area (Å²) in [4.78, 5) is 10.6. The summed E-state index contributed by atoms with van der Waals surface area (Å²) in [5, 5.41) is 3.12. The van der Waals surface area contributed by atoms with Gasteiger partial charge in [0, 0.05) is 13.6 Å². The van der Waals surface area contributed by atoms with Crippen LogP contribution in [0, 0.1) is 0 Å². The van der Waals surface area contributed by atoms with Crippen LogP contribution in [0.5, 0.6) is 5.88 Å². The summed E-state index contributed by atoms with van der Waals surface area (Å²) in [5.41, 5.74) is 0. The lowest BCUT2D eigenvalue weighted by Gasteiger charge is -2.18. The molecule has 0 saturated carbocycles. The van der Waals surface area contributed by atoms with E-state index >= 15 is 0 Å². The Morgan fingerprint density at radius 3 is 2.82 bits per heavy atom. The minimum atomic E-state index is 0.120. The monoisotopic (exact) mass is 238 g/mol. The molecule has 1 aromatic rings. The molecule has 17 heavy (non-hydrogen) atoms. The summed E-state index contributed by atoms with van der Waals surface area (Å²) in [6.07, 6.45) is 4.59. The third-order valence-electron chi connectivity index (χ3n) is 2.27. The summed E-state index contributed by atoms with van der Waals surface area (Å²) in [6.45, 7) is 5.90. The minimum Gasteiger partial charge on any atom is -0.474 e. The molecule has 1 rings (SSSR count). The molecule has 0 aromatic carbocycles. The Morgan fingerprint density at radius 2 is 2.18 bits per heavy atom. The minimum absolute atomic E-state index is 0.120. The fourth-order valence-electron chi connectivity index (χ4n) is 1.43. The first-order valence-corrected chi connectivity index (χ1v) is 5.98. The summed E-state index contributed by atoms with van der Waals surface area (Å²) < 4.78 is 5.52. The van der Waals surface area contributed by atoms with E-state index in [4.69, 9.17) is 4.74 Å². The van der Waals surface area contributed by atoms with Crippen LogP contribution in [0.2, 0.25) is 0 Å². The molecule has 1 aromatic heterocycles. The van der Waals surface area contributed by atoms with E-state index in [1.807, 2.05) is 27.9 Å². The van der Waals surface area contributed by atoms with Crippen LogP contribution in [0.15, 0.2) is 12.4 Å². The van der Waals surface area contributed by atoms with Gasteiger partial charge in [0.05, 0.1) is 18.5 Å². The fraction of sp³-hybridized carbons (Fsp3) is 0.667. The average Bonchev–Trinajstić information content (AvgIpc) is 2.28. The molecule has 0 atom stereocenters. The van der Waals surface area contributed by atoms with Crippen LogP contribution in [0.1, 0.15) is 20.3 Å². The normalized spacial score (nSPS) is 10.6. The smallest absolute Gasteiger partial charge is 0.234 e. The van der Waals surface area contributed by atoms with Crippen molar-refractivity contribution >= 4 is 5.82 Å². The van der Waals surface area contributed by atoms with Gasteiger partial charge >= 0.3 is 0 Å². The average molecular weight is 238 g/mol. The van der Waals surface area contributed by atoms with Crippen molar-refractivity contribution in [1.82, 2.24) is 15.3 Å². The molecule has 0 saturated heterocycles. The lowest BCUT2D eigenvalue weighted by atomic mass is 10.4. The first kappa shape index (κ1) is 13.7. The number of hydrogen-bond donors (Lipinski definition) is 1. The van der Waals surface area contributed by atoms with Crippen molar-refractivity contribution in [1.29, 1.82) is 0 Å². The molecule has 5 nitrogen and oxygen atoms in total. The van der Waals surface area contributed by atoms with Gasteiger partial charge in [-0.2, -0.15) is 4.98 Å². The highest BCUT2D eigenvalue weighted by atomic mass is 16.5. The van der Waals surface area contributed by atoms with E-state index in [-0.39, 0.29) is 6.10 Å². The number of anilines is 1. The van der Waals surface area contributed by atoms with Gasteiger partial charge in [0.2, 0.25) is 5.88 Å². The van der Waals surface area contributed by atoms with Gasteiger partial charge in [-0.1, -0.05) is 0 Å². The van der Waals surface area contributed by atoms with Crippen molar-refractivity contribution < 1.29 is 4.74 Å². The molecule has 0 amide bonds.